The number of benzene rings is 3. The summed E-state index contributed by atoms with van der Waals surface area (Å²) < 4.78 is 38.9. The lowest BCUT2D eigenvalue weighted by atomic mass is 10.1. The predicted octanol–water partition coefficient (Wildman–Crippen LogP) is 5.24. The van der Waals surface area contributed by atoms with Gasteiger partial charge in [-0.3, -0.25) is 10.1 Å². The highest BCUT2D eigenvalue weighted by Gasteiger charge is 2.26. The summed E-state index contributed by atoms with van der Waals surface area (Å²) >= 11 is 0. The number of hydrogen-bond acceptors (Lipinski definition) is 7. The molecule has 0 spiro atoms. The molecule has 0 radical (unpaired) electrons. The third-order valence-corrected chi connectivity index (χ3v) is 6.56. The topological polar surface area (TPSA) is 137 Å². The molecule has 0 unspecified atom stereocenters. The van der Waals surface area contributed by atoms with Crippen LogP contribution in [0.15, 0.2) is 71.6 Å². The van der Waals surface area contributed by atoms with Crippen molar-refractivity contribution < 1.29 is 27.6 Å². The molecule has 2 N–H and O–H groups in total. The van der Waals surface area contributed by atoms with E-state index in [4.69, 9.17) is 9.47 Å². The average molecular weight is 514 g/mol. The van der Waals surface area contributed by atoms with Crippen molar-refractivity contribution >= 4 is 21.7 Å². The summed E-state index contributed by atoms with van der Waals surface area (Å²) in [6.45, 7) is 2.30. The third kappa shape index (κ3) is 6.95. The maximum Gasteiger partial charge on any atom is 0.328 e. The molecule has 0 fully saturated rings. The highest BCUT2D eigenvalue weighted by molar-refractivity contribution is 7.90. The first kappa shape index (κ1) is 26.5. The van der Waals surface area contributed by atoms with Crippen LogP contribution < -0.4 is 19.5 Å². The fraction of sp³-hybridized carbons (Fsp3) is 0.240. The standard InChI is InChI=1S/C25H27N3O7S/c1-3-4-5-15-26-25(29)27-36(32,33)24-17-20(28(30)31)11-14-23(24)35-22-8-6-7-19(16-22)18-9-12-21(34-2)13-10-18/h6-14,16-17H,3-5,15H2,1-2H3,(H2,26,27,29). The molecule has 0 saturated carbocycles. The summed E-state index contributed by atoms with van der Waals surface area (Å²) in [5.74, 6) is 0.838. The van der Waals surface area contributed by atoms with Crippen LogP contribution in [0.4, 0.5) is 10.5 Å². The number of nitrogens with zero attached hydrogens (tertiary/aromatic N) is 1. The van der Waals surface area contributed by atoms with Crippen molar-refractivity contribution in [3.8, 4) is 28.4 Å². The molecular weight excluding hydrogens is 486 g/mol. The van der Waals surface area contributed by atoms with Crippen molar-refractivity contribution in [1.29, 1.82) is 0 Å². The highest BCUT2D eigenvalue weighted by atomic mass is 32.2. The van der Waals surface area contributed by atoms with Crippen LogP contribution in [0.3, 0.4) is 0 Å². The van der Waals surface area contributed by atoms with Gasteiger partial charge in [0, 0.05) is 18.7 Å². The molecule has 0 aliphatic carbocycles. The van der Waals surface area contributed by atoms with Gasteiger partial charge in [-0.25, -0.2) is 17.9 Å². The van der Waals surface area contributed by atoms with E-state index in [-0.39, 0.29) is 5.75 Å². The number of non-ortho nitro benzene ring substituents is 1. The lowest BCUT2D eigenvalue weighted by Gasteiger charge is -2.14. The molecule has 0 atom stereocenters. The molecule has 0 aliphatic rings. The number of nitrogens with one attached hydrogen (secondary N) is 2. The van der Waals surface area contributed by atoms with Crippen molar-refractivity contribution in [3.05, 3.63) is 76.8 Å². The smallest absolute Gasteiger partial charge is 0.328 e. The van der Waals surface area contributed by atoms with Crippen LogP contribution in [0, 0.1) is 10.1 Å². The van der Waals surface area contributed by atoms with Crippen molar-refractivity contribution in [2.45, 2.75) is 31.1 Å². The third-order valence-electron chi connectivity index (χ3n) is 5.21. The first-order chi connectivity index (χ1) is 17.2. The quantitative estimate of drug-likeness (QED) is 0.203. The Balaban J connectivity index is 1.88. The van der Waals surface area contributed by atoms with Crippen molar-refractivity contribution in [1.82, 2.24) is 10.0 Å². The number of sulfonamides is 1. The van der Waals surface area contributed by atoms with Gasteiger partial charge in [0.15, 0.2) is 0 Å². The highest BCUT2D eigenvalue weighted by Crippen LogP contribution is 2.34. The Morgan fingerprint density at radius 1 is 0.972 bits per heavy atom. The number of urea groups is 1. The minimum Gasteiger partial charge on any atom is -0.497 e. The summed E-state index contributed by atoms with van der Waals surface area (Å²) in [5.41, 5.74) is 1.21. The fourth-order valence-corrected chi connectivity index (χ4v) is 4.42. The zero-order chi connectivity index (χ0) is 26.1. The van der Waals surface area contributed by atoms with Crippen LogP contribution in [0.25, 0.3) is 11.1 Å². The van der Waals surface area contributed by atoms with Gasteiger partial charge in [-0.1, -0.05) is 44.0 Å². The van der Waals surface area contributed by atoms with E-state index in [9.17, 15) is 23.3 Å². The Morgan fingerprint density at radius 2 is 1.72 bits per heavy atom. The summed E-state index contributed by atoms with van der Waals surface area (Å²) in [6.07, 6.45) is 2.51. The number of hydrogen-bond donors (Lipinski definition) is 2. The molecule has 0 saturated heterocycles. The van der Waals surface area contributed by atoms with E-state index in [1.54, 1.807) is 25.3 Å². The Labute approximate surface area is 209 Å². The van der Waals surface area contributed by atoms with E-state index in [0.29, 0.717) is 24.5 Å². The van der Waals surface area contributed by atoms with E-state index in [1.807, 2.05) is 42.0 Å². The second-order valence-corrected chi connectivity index (χ2v) is 9.47. The normalized spacial score (nSPS) is 10.9. The van der Waals surface area contributed by atoms with Crippen molar-refractivity contribution in [2.75, 3.05) is 13.7 Å². The molecule has 3 aromatic rings. The van der Waals surface area contributed by atoms with Crippen LogP contribution >= 0.6 is 0 Å². The Hall–Kier alpha value is -4.12. The molecule has 0 aliphatic heterocycles. The minimum absolute atomic E-state index is 0.168. The van der Waals surface area contributed by atoms with E-state index in [1.165, 1.54) is 6.07 Å². The van der Waals surface area contributed by atoms with Crippen molar-refractivity contribution in [2.24, 2.45) is 0 Å². The van der Waals surface area contributed by atoms with Crippen molar-refractivity contribution in [3.63, 3.8) is 0 Å². The Bertz CT molecular complexity index is 1330. The zero-order valence-electron chi connectivity index (χ0n) is 19.9. The fourth-order valence-electron chi connectivity index (χ4n) is 3.34. The van der Waals surface area contributed by atoms with Gasteiger partial charge in [0.05, 0.1) is 12.0 Å². The number of rotatable bonds is 11. The molecule has 10 nitrogen and oxygen atoms in total. The number of nitro groups is 1. The van der Waals surface area contributed by atoms with Gasteiger partial charge in [0.25, 0.3) is 15.7 Å². The van der Waals surface area contributed by atoms with Crippen LogP contribution in [-0.2, 0) is 10.0 Å². The number of methoxy groups -OCH3 is 1. The van der Waals surface area contributed by atoms with Gasteiger partial charge in [-0.05, 0) is 47.9 Å². The van der Waals surface area contributed by atoms with E-state index in [2.05, 4.69) is 5.32 Å². The number of carbonyl (C=O) groups excluding carboxylic acids is 1. The number of nitro benzene ring substituents is 1. The van der Waals surface area contributed by atoms with Crippen LogP contribution in [0.5, 0.6) is 17.2 Å². The molecule has 3 rings (SSSR count). The lowest BCUT2D eigenvalue weighted by molar-refractivity contribution is -0.385. The molecule has 36 heavy (non-hydrogen) atoms. The van der Waals surface area contributed by atoms with E-state index in [0.717, 1.165) is 36.1 Å². The van der Waals surface area contributed by atoms with Gasteiger partial charge in [0.2, 0.25) is 0 Å². The molecule has 0 bridgehead atoms. The molecule has 190 valence electrons. The molecule has 0 heterocycles. The maximum atomic E-state index is 13.0. The van der Waals surface area contributed by atoms with Gasteiger partial charge in [-0.2, -0.15) is 0 Å². The average Bonchev–Trinajstić information content (AvgIpc) is 2.86. The lowest BCUT2D eigenvalue weighted by Crippen LogP contribution is -2.39. The second-order valence-electron chi connectivity index (χ2n) is 7.82. The largest absolute Gasteiger partial charge is 0.497 e. The second kappa shape index (κ2) is 12.0. The maximum absolute atomic E-state index is 13.0. The summed E-state index contributed by atoms with van der Waals surface area (Å²) in [7, 11) is -2.91. The molecule has 3 aromatic carbocycles. The molecule has 0 aromatic heterocycles. The number of amides is 2. The summed E-state index contributed by atoms with van der Waals surface area (Å²) in [6, 6.07) is 16.5. The van der Waals surface area contributed by atoms with Gasteiger partial charge >= 0.3 is 6.03 Å². The number of carbonyl (C=O) groups is 1. The van der Waals surface area contributed by atoms with Gasteiger partial charge in [0.1, 0.15) is 22.1 Å². The van der Waals surface area contributed by atoms with E-state index < -0.39 is 31.6 Å². The Kier molecular flexibility index (Phi) is 8.85. The SMILES string of the molecule is CCCCCNC(=O)NS(=O)(=O)c1cc([N+](=O)[O-])ccc1Oc1cccc(-c2ccc(OC)cc2)c1. The molecular formula is C25H27N3O7S. The Morgan fingerprint density at radius 3 is 2.39 bits per heavy atom. The molecule has 2 amide bonds. The molecule has 11 heteroatoms. The number of unbranched alkanes of at least 4 members (excludes halogenated alkanes) is 2. The van der Waals surface area contributed by atoms with E-state index >= 15 is 0 Å². The summed E-state index contributed by atoms with van der Waals surface area (Å²) in [5, 5.41) is 13.8. The van der Waals surface area contributed by atoms with Gasteiger partial charge in [-0.15, -0.1) is 0 Å². The first-order valence-electron chi connectivity index (χ1n) is 11.2. The van der Waals surface area contributed by atoms with Crippen LogP contribution in [0.1, 0.15) is 26.2 Å². The van der Waals surface area contributed by atoms with Gasteiger partial charge < -0.3 is 14.8 Å². The monoisotopic (exact) mass is 513 g/mol. The van der Waals surface area contributed by atoms with Crippen LogP contribution in [0.2, 0.25) is 0 Å². The number of ether oxygens (including phenoxy) is 2. The summed E-state index contributed by atoms with van der Waals surface area (Å²) in [4.78, 5) is 22.2. The predicted molar refractivity (Wildman–Crippen MR) is 135 cm³/mol. The first-order valence-corrected chi connectivity index (χ1v) is 12.7. The van der Waals surface area contributed by atoms with Crippen LogP contribution in [-0.4, -0.2) is 33.0 Å². The minimum atomic E-state index is -4.48. The zero-order valence-corrected chi connectivity index (χ0v) is 20.7.